The van der Waals surface area contributed by atoms with E-state index in [9.17, 15) is 8.42 Å². The van der Waals surface area contributed by atoms with Gasteiger partial charge in [0.15, 0.2) is 0 Å². The van der Waals surface area contributed by atoms with Gasteiger partial charge in [-0.25, -0.2) is 8.42 Å². The first-order chi connectivity index (χ1) is 8.46. The van der Waals surface area contributed by atoms with Crippen LogP contribution >= 0.6 is 0 Å². The molecule has 0 aliphatic carbocycles. The van der Waals surface area contributed by atoms with Crippen molar-refractivity contribution in [1.82, 2.24) is 19.0 Å². The van der Waals surface area contributed by atoms with Gasteiger partial charge in [-0.1, -0.05) is 0 Å². The lowest BCUT2D eigenvalue weighted by molar-refractivity contribution is 0.222. The maximum atomic E-state index is 12.5. The van der Waals surface area contributed by atoms with Crippen LogP contribution in [0.4, 0.5) is 0 Å². The summed E-state index contributed by atoms with van der Waals surface area (Å²) >= 11 is 0. The summed E-state index contributed by atoms with van der Waals surface area (Å²) in [6, 6.07) is 0. The fourth-order valence-corrected chi connectivity index (χ4v) is 3.75. The number of piperazine rings is 1. The van der Waals surface area contributed by atoms with Crippen LogP contribution in [0.2, 0.25) is 0 Å². The van der Waals surface area contributed by atoms with Crippen molar-refractivity contribution in [3.8, 4) is 0 Å². The van der Waals surface area contributed by atoms with E-state index < -0.39 is 10.0 Å². The highest BCUT2D eigenvalue weighted by Gasteiger charge is 2.30. The molecule has 2 heterocycles. The quantitative estimate of drug-likeness (QED) is 0.786. The third kappa shape index (κ3) is 2.30. The van der Waals surface area contributed by atoms with Gasteiger partial charge in [-0.05, 0) is 20.9 Å². The van der Waals surface area contributed by atoms with Crippen molar-refractivity contribution in [3.63, 3.8) is 0 Å². The zero-order valence-electron chi connectivity index (χ0n) is 11.1. The van der Waals surface area contributed by atoms with Crippen LogP contribution in [-0.4, -0.2) is 60.6 Å². The predicted octanol–water partition coefficient (Wildman–Crippen LogP) is 0.148. The van der Waals surface area contributed by atoms with Gasteiger partial charge in [0.2, 0.25) is 10.0 Å². The number of sulfonamides is 1. The molecule has 0 N–H and O–H groups in total. The van der Waals surface area contributed by atoms with Gasteiger partial charge in [0.05, 0.1) is 11.9 Å². The first kappa shape index (κ1) is 13.5. The van der Waals surface area contributed by atoms with E-state index in [1.54, 1.807) is 15.9 Å². The van der Waals surface area contributed by atoms with Crippen molar-refractivity contribution in [3.05, 3.63) is 11.9 Å². The molecule has 1 aliphatic rings. The van der Waals surface area contributed by atoms with E-state index in [0.717, 1.165) is 18.8 Å². The molecule has 1 aliphatic heterocycles. The van der Waals surface area contributed by atoms with Crippen molar-refractivity contribution in [1.29, 1.82) is 0 Å². The van der Waals surface area contributed by atoms with Crippen molar-refractivity contribution in [2.24, 2.45) is 0 Å². The molecule has 7 heteroatoms. The highest BCUT2D eigenvalue weighted by atomic mass is 32.2. The first-order valence-corrected chi connectivity index (χ1v) is 7.62. The molecule has 0 aromatic carbocycles. The van der Waals surface area contributed by atoms with Crippen LogP contribution < -0.4 is 0 Å². The Morgan fingerprint density at radius 3 is 2.39 bits per heavy atom. The molecule has 0 saturated carbocycles. The van der Waals surface area contributed by atoms with E-state index in [1.807, 2.05) is 14.0 Å². The Morgan fingerprint density at radius 2 is 1.89 bits per heavy atom. The molecule has 2 rings (SSSR count). The molecule has 0 radical (unpaired) electrons. The average molecular weight is 272 g/mol. The third-order valence-corrected chi connectivity index (χ3v) is 5.44. The number of hydrogen-bond acceptors (Lipinski definition) is 4. The minimum Gasteiger partial charge on any atom is -0.304 e. The Labute approximate surface area is 108 Å². The molecular formula is C11H20N4O2S. The summed E-state index contributed by atoms with van der Waals surface area (Å²) in [5.74, 6) is 0. The predicted molar refractivity (Wildman–Crippen MR) is 68.9 cm³/mol. The van der Waals surface area contributed by atoms with Crippen LogP contribution in [0.1, 0.15) is 12.6 Å². The molecule has 0 spiro atoms. The fraction of sp³-hybridized carbons (Fsp3) is 0.727. The number of aryl methyl sites for hydroxylation is 1. The highest BCUT2D eigenvalue weighted by Crippen LogP contribution is 2.20. The van der Waals surface area contributed by atoms with E-state index in [-0.39, 0.29) is 0 Å². The maximum absolute atomic E-state index is 12.5. The van der Waals surface area contributed by atoms with Gasteiger partial charge in [0.1, 0.15) is 4.90 Å². The molecule has 102 valence electrons. The van der Waals surface area contributed by atoms with Crippen molar-refractivity contribution < 1.29 is 8.42 Å². The molecule has 18 heavy (non-hydrogen) atoms. The largest absolute Gasteiger partial charge is 0.304 e. The van der Waals surface area contributed by atoms with E-state index >= 15 is 0 Å². The van der Waals surface area contributed by atoms with Gasteiger partial charge >= 0.3 is 0 Å². The van der Waals surface area contributed by atoms with E-state index in [1.165, 1.54) is 6.20 Å². The summed E-state index contributed by atoms with van der Waals surface area (Å²) in [6.45, 7) is 7.10. The van der Waals surface area contributed by atoms with E-state index in [4.69, 9.17) is 0 Å². The minimum absolute atomic E-state index is 0.342. The minimum atomic E-state index is -3.38. The molecule has 1 saturated heterocycles. The average Bonchev–Trinajstić information content (AvgIpc) is 2.71. The molecule has 0 bridgehead atoms. The van der Waals surface area contributed by atoms with E-state index in [2.05, 4.69) is 10.00 Å². The number of nitrogens with zero attached hydrogens (tertiary/aromatic N) is 4. The van der Waals surface area contributed by atoms with Crippen LogP contribution in [-0.2, 0) is 16.6 Å². The Hall–Kier alpha value is -0.920. The van der Waals surface area contributed by atoms with Crippen molar-refractivity contribution >= 4 is 10.0 Å². The lowest BCUT2D eigenvalue weighted by atomic mass is 10.4. The summed E-state index contributed by atoms with van der Waals surface area (Å²) in [6.07, 6.45) is 1.46. The molecule has 6 nitrogen and oxygen atoms in total. The van der Waals surface area contributed by atoms with Crippen LogP contribution in [0.15, 0.2) is 11.1 Å². The normalized spacial score (nSPS) is 19.3. The zero-order chi connectivity index (χ0) is 13.3. The van der Waals surface area contributed by atoms with Gasteiger partial charge in [0.25, 0.3) is 0 Å². The van der Waals surface area contributed by atoms with Gasteiger partial charge in [-0.3, -0.25) is 4.68 Å². The molecular weight excluding hydrogens is 252 g/mol. The topological polar surface area (TPSA) is 58.4 Å². The molecule has 1 fully saturated rings. The van der Waals surface area contributed by atoms with Crippen molar-refractivity contribution in [2.45, 2.75) is 25.3 Å². The molecule has 0 atom stereocenters. The summed E-state index contributed by atoms with van der Waals surface area (Å²) in [7, 11) is -1.38. The second-order valence-electron chi connectivity index (χ2n) is 4.62. The summed E-state index contributed by atoms with van der Waals surface area (Å²) < 4.78 is 28.3. The second-order valence-corrected chi connectivity index (χ2v) is 6.52. The van der Waals surface area contributed by atoms with E-state index in [0.29, 0.717) is 24.5 Å². The molecule has 0 amide bonds. The zero-order valence-corrected chi connectivity index (χ0v) is 11.9. The number of likely N-dealkylation sites (N-methyl/N-ethyl adjacent to an activating group) is 1. The Morgan fingerprint density at radius 1 is 1.28 bits per heavy atom. The lowest BCUT2D eigenvalue weighted by Crippen LogP contribution is -2.47. The monoisotopic (exact) mass is 272 g/mol. The van der Waals surface area contributed by atoms with Crippen molar-refractivity contribution in [2.75, 3.05) is 33.2 Å². The molecule has 1 aromatic rings. The van der Waals surface area contributed by atoms with Gasteiger partial charge < -0.3 is 4.90 Å². The maximum Gasteiger partial charge on any atom is 0.246 e. The van der Waals surface area contributed by atoms with Gasteiger partial charge in [0, 0.05) is 32.7 Å². The van der Waals surface area contributed by atoms with Crippen LogP contribution in [0.5, 0.6) is 0 Å². The Balaban J connectivity index is 2.28. The standard InChI is InChI=1S/C11H20N4O2S/c1-4-15-10(2)11(9-12-15)18(16,17)14-7-5-13(3)6-8-14/h9H,4-8H2,1-3H3. The summed E-state index contributed by atoms with van der Waals surface area (Å²) in [4.78, 5) is 2.47. The van der Waals surface area contributed by atoms with Gasteiger partial charge in [-0.2, -0.15) is 9.40 Å². The molecule has 1 aromatic heterocycles. The lowest BCUT2D eigenvalue weighted by Gasteiger charge is -2.31. The van der Waals surface area contributed by atoms with Crippen LogP contribution in [0.25, 0.3) is 0 Å². The number of rotatable bonds is 3. The smallest absolute Gasteiger partial charge is 0.246 e. The van der Waals surface area contributed by atoms with Crippen LogP contribution in [0.3, 0.4) is 0 Å². The Kier molecular flexibility index (Phi) is 3.74. The third-order valence-electron chi connectivity index (χ3n) is 3.44. The fourth-order valence-electron chi connectivity index (χ4n) is 2.17. The number of hydrogen-bond donors (Lipinski definition) is 0. The number of aromatic nitrogens is 2. The highest BCUT2D eigenvalue weighted by molar-refractivity contribution is 7.89. The van der Waals surface area contributed by atoms with Crippen LogP contribution in [0, 0.1) is 6.92 Å². The Bertz CT molecular complexity index is 515. The second kappa shape index (κ2) is 4.99. The SMILES string of the molecule is CCn1ncc(S(=O)(=O)N2CCN(C)CC2)c1C. The first-order valence-electron chi connectivity index (χ1n) is 6.18. The summed E-state index contributed by atoms with van der Waals surface area (Å²) in [5.41, 5.74) is 0.719. The summed E-state index contributed by atoms with van der Waals surface area (Å²) in [5, 5.41) is 4.11. The molecule has 0 unspecified atom stereocenters. The van der Waals surface area contributed by atoms with Gasteiger partial charge in [-0.15, -0.1) is 0 Å².